The molecule has 0 radical (unpaired) electrons. The Hall–Kier alpha value is -0.540. The molecule has 1 aromatic carbocycles. The van der Waals surface area contributed by atoms with Gasteiger partial charge in [-0.2, -0.15) is 0 Å². The van der Waals surface area contributed by atoms with Gasteiger partial charge in [0.1, 0.15) is 5.75 Å². The van der Waals surface area contributed by atoms with Crippen LogP contribution in [0.4, 0.5) is 0 Å². The first kappa shape index (κ1) is 13.9. The van der Waals surface area contributed by atoms with Crippen molar-refractivity contribution < 1.29 is 4.74 Å². The van der Waals surface area contributed by atoms with Crippen molar-refractivity contribution in [2.45, 2.75) is 57.6 Å². The molecule has 2 N–H and O–H groups in total. The number of ether oxygens (including phenoxy) is 1. The van der Waals surface area contributed by atoms with Crippen molar-refractivity contribution in [1.82, 2.24) is 0 Å². The minimum absolute atomic E-state index is 0.0475. The van der Waals surface area contributed by atoms with Crippen molar-refractivity contribution in [3.05, 3.63) is 28.2 Å². The van der Waals surface area contributed by atoms with Crippen LogP contribution in [0.5, 0.6) is 5.75 Å². The highest BCUT2D eigenvalue weighted by Crippen LogP contribution is 2.29. The maximum atomic E-state index is 6.08. The monoisotopic (exact) mass is 311 g/mol. The fourth-order valence-electron chi connectivity index (χ4n) is 2.50. The normalized spacial score (nSPS) is 19.3. The molecule has 1 aliphatic carbocycles. The third-order valence-corrected chi connectivity index (χ3v) is 4.25. The first-order valence-electron chi connectivity index (χ1n) is 6.88. The molecule has 1 aromatic rings. The van der Waals surface area contributed by atoms with Crippen molar-refractivity contribution >= 4 is 15.9 Å². The lowest BCUT2D eigenvalue weighted by Gasteiger charge is -2.18. The van der Waals surface area contributed by atoms with E-state index in [1.54, 1.807) is 0 Å². The molecule has 0 aliphatic heterocycles. The summed E-state index contributed by atoms with van der Waals surface area (Å²) in [5.41, 5.74) is 7.03. The summed E-state index contributed by atoms with van der Waals surface area (Å²) in [5, 5.41) is 0. The Morgan fingerprint density at radius 2 is 1.89 bits per heavy atom. The minimum Gasteiger partial charge on any atom is -0.490 e. The molecule has 0 saturated heterocycles. The second-order valence-electron chi connectivity index (χ2n) is 5.20. The molecule has 1 aliphatic rings. The molecule has 0 unspecified atom stereocenters. The van der Waals surface area contributed by atoms with Crippen LogP contribution in [-0.4, -0.2) is 6.10 Å². The van der Waals surface area contributed by atoms with Gasteiger partial charge in [-0.1, -0.05) is 34.8 Å². The predicted octanol–water partition coefficient (Wildman–Crippen LogP) is 4.57. The molecular formula is C15H22BrNO. The molecule has 2 rings (SSSR count). The molecule has 1 atom stereocenters. The van der Waals surface area contributed by atoms with E-state index in [0.717, 1.165) is 15.8 Å². The number of hydrogen-bond donors (Lipinski definition) is 1. The molecule has 0 spiro atoms. The van der Waals surface area contributed by atoms with Crippen molar-refractivity contribution in [3.63, 3.8) is 0 Å². The van der Waals surface area contributed by atoms with Crippen LogP contribution >= 0.6 is 15.9 Å². The summed E-state index contributed by atoms with van der Waals surface area (Å²) in [5.74, 6) is 0.957. The molecule has 18 heavy (non-hydrogen) atoms. The molecular weight excluding hydrogens is 290 g/mol. The quantitative estimate of drug-likeness (QED) is 0.830. The molecule has 0 amide bonds. The summed E-state index contributed by atoms with van der Waals surface area (Å²) >= 11 is 3.57. The summed E-state index contributed by atoms with van der Waals surface area (Å²) in [4.78, 5) is 0. The largest absolute Gasteiger partial charge is 0.490 e. The summed E-state index contributed by atoms with van der Waals surface area (Å²) in [6, 6.07) is 6.19. The highest BCUT2D eigenvalue weighted by atomic mass is 79.9. The zero-order valence-corrected chi connectivity index (χ0v) is 12.6. The van der Waals surface area contributed by atoms with Gasteiger partial charge in [0.05, 0.1) is 6.10 Å². The Bertz CT molecular complexity index is 384. The van der Waals surface area contributed by atoms with E-state index in [4.69, 9.17) is 10.5 Å². The van der Waals surface area contributed by atoms with Crippen LogP contribution in [0.25, 0.3) is 0 Å². The smallest absolute Gasteiger partial charge is 0.120 e. The molecule has 1 fully saturated rings. The van der Waals surface area contributed by atoms with Crippen LogP contribution in [0.2, 0.25) is 0 Å². The molecule has 0 aromatic heterocycles. The van der Waals surface area contributed by atoms with Crippen molar-refractivity contribution in [2.75, 3.05) is 0 Å². The first-order chi connectivity index (χ1) is 8.66. The summed E-state index contributed by atoms with van der Waals surface area (Å²) in [7, 11) is 0. The summed E-state index contributed by atoms with van der Waals surface area (Å²) in [6.45, 7) is 1.99. The van der Waals surface area contributed by atoms with E-state index >= 15 is 0 Å². The minimum atomic E-state index is 0.0475. The Morgan fingerprint density at radius 1 is 1.22 bits per heavy atom. The third-order valence-electron chi connectivity index (χ3n) is 3.57. The maximum Gasteiger partial charge on any atom is 0.120 e. The van der Waals surface area contributed by atoms with Gasteiger partial charge in [0, 0.05) is 10.5 Å². The van der Waals surface area contributed by atoms with Crippen molar-refractivity contribution in [3.8, 4) is 5.75 Å². The van der Waals surface area contributed by atoms with E-state index < -0.39 is 0 Å². The van der Waals surface area contributed by atoms with Crippen LogP contribution in [0.1, 0.15) is 57.1 Å². The molecule has 0 bridgehead atoms. The van der Waals surface area contributed by atoms with Gasteiger partial charge in [-0.3, -0.25) is 0 Å². The first-order valence-corrected chi connectivity index (χ1v) is 7.68. The Labute approximate surface area is 118 Å². The maximum absolute atomic E-state index is 6.08. The van der Waals surface area contributed by atoms with Gasteiger partial charge in [-0.05, 0) is 50.3 Å². The van der Waals surface area contributed by atoms with E-state index in [1.807, 2.05) is 19.1 Å². The van der Waals surface area contributed by atoms with E-state index in [-0.39, 0.29) is 6.04 Å². The van der Waals surface area contributed by atoms with E-state index in [9.17, 15) is 0 Å². The van der Waals surface area contributed by atoms with Crippen LogP contribution in [-0.2, 0) is 0 Å². The Kier molecular flexibility index (Phi) is 5.07. The van der Waals surface area contributed by atoms with Crippen LogP contribution < -0.4 is 10.5 Å². The zero-order chi connectivity index (χ0) is 13.0. The molecule has 0 heterocycles. The Balaban J connectivity index is 2.02. The van der Waals surface area contributed by atoms with Gasteiger partial charge in [0.2, 0.25) is 0 Å². The lowest BCUT2D eigenvalue weighted by Crippen LogP contribution is -2.15. The second-order valence-corrected chi connectivity index (χ2v) is 6.06. The Morgan fingerprint density at radius 3 is 2.44 bits per heavy atom. The predicted molar refractivity (Wildman–Crippen MR) is 78.9 cm³/mol. The SMILES string of the molecule is C[C@H](N)c1ccc(OC2CCCCCC2)cc1Br. The second kappa shape index (κ2) is 6.58. The average molecular weight is 312 g/mol. The number of nitrogens with two attached hydrogens (primary N) is 1. The number of benzene rings is 1. The van der Waals surface area contributed by atoms with Gasteiger partial charge in [0.25, 0.3) is 0 Å². The third kappa shape index (κ3) is 3.72. The highest BCUT2D eigenvalue weighted by Gasteiger charge is 2.14. The standard InChI is InChI=1S/C15H22BrNO/c1-11(17)14-9-8-13(10-15(14)16)18-12-6-4-2-3-5-7-12/h8-12H,2-7,17H2,1H3/t11-/m0/s1. The van der Waals surface area contributed by atoms with Crippen LogP contribution in [0, 0.1) is 0 Å². The van der Waals surface area contributed by atoms with Gasteiger partial charge in [-0.25, -0.2) is 0 Å². The average Bonchev–Trinajstić information content (AvgIpc) is 2.57. The van der Waals surface area contributed by atoms with Crippen LogP contribution in [0.15, 0.2) is 22.7 Å². The lowest BCUT2D eigenvalue weighted by molar-refractivity contribution is 0.183. The summed E-state index contributed by atoms with van der Waals surface area (Å²) < 4.78 is 7.13. The number of halogens is 1. The lowest BCUT2D eigenvalue weighted by atomic mass is 10.1. The highest BCUT2D eigenvalue weighted by molar-refractivity contribution is 9.10. The van der Waals surface area contributed by atoms with Gasteiger partial charge in [0.15, 0.2) is 0 Å². The number of hydrogen-bond acceptors (Lipinski definition) is 2. The van der Waals surface area contributed by atoms with Crippen LogP contribution in [0.3, 0.4) is 0 Å². The fraction of sp³-hybridized carbons (Fsp3) is 0.600. The van der Waals surface area contributed by atoms with Gasteiger partial charge >= 0.3 is 0 Å². The topological polar surface area (TPSA) is 35.2 Å². The fourth-order valence-corrected chi connectivity index (χ4v) is 3.22. The van der Waals surface area contributed by atoms with E-state index in [2.05, 4.69) is 22.0 Å². The molecule has 2 nitrogen and oxygen atoms in total. The number of rotatable bonds is 3. The molecule has 1 saturated carbocycles. The van der Waals surface area contributed by atoms with Crippen molar-refractivity contribution in [2.24, 2.45) is 5.73 Å². The van der Waals surface area contributed by atoms with Gasteiger partial charge < -0.3 is 10.5 Å². The summed E-state index contributed by atoms with van der Waals surface area (Å²) in [6.07, 6.45) is 8.06. The van der Waals surface area contributed by atoms with E-state index in [1.165, 1.54) is 38.5 Å². The van der Waals surface area contributed by atoms with E-state index in [0.29, 0.717) is 6.10 Å². The zero-order valence-electron chi connectivity index (χ0n) is 11.0. The van der Waals surface area contributed by atoms with Crippen molar-refractivity contribution in [1.29, 1.82) is 0 Å². The van der Waals surface area contributed by atoms with Gasteiger partial charge in [-0.15, -0.1) is 0 Å². The molecule has 3 heteroatoms. The molecule has 100 valence electrons.